The molecule has 2 rings (SSSR count). The lowest BCUT2D eigenvalue weighted by Crippen LogP contribution is -2.16. The zero-order valence-electron chi connectivity index (χ0n) is 16.6. The number of nitrogens with zero attached hydrogens (tertiary/aromatic N) is 1. The number of benzene rings is 2. The van der Waals surface area contributed by atoms with Crippen LogP contribution in [0.25, 0.3) is 0 Å². The fourth-order valence-corrected chi connectivity index (χ4v) is 2.78. The molecule has 8 nitrogen and oxygen atoms in total. The lowest BCUT2D eigenvalue weighted by atomic mass is 10.2. The number of carbonyl (C=O) groups is 3. The summed E-state index contributed by atoms with van der Waals surface area (Å²) >= 11 is 1.10. The first kappa shape index (κ1) is 22.1. The predicted octanol–water partition coefficient (Wildman–Crippen LogP) is 3.27. The minimum atomic E-state index is -0.525. The molecule has 0 radical (unpaired) electrons. The fourth-order valence-electron chi connectivity index (χ4n) is 2.13. The average molecular weight is 418 g/mol. The summed E-state index contributed by atoms with van der Waals surface area (Å²) < 4.78 is 15.1. The molecule has 0 aliphatic rings. The molecular formula is C20H22N2O6S. The maximum Gasteiger partial charge on any atom is 0.343 e. The Balaban J connectivity index is 2.04. The largest absolute Gasteiger partial charge is 0.493 e. The summed E-state index contributed by atoms with van der Waals surface area (Å²) in [4.78, 5) is 37.7. The van der Waals surface area contributed by atoms with Gasteiger partial charge < -0.3 is 24.4 Å². The topological polar surface area (TPSA) is 94.2 Å². The summed E-state index contributed by atoms with van der Waals surface area (Å²) in [6.45, 7) is -0.265. The van der Waals surface area contributed by atoms with E-state index in [1.807, 2.05) is 0 Å². The number of amides is 2. The van der Waals surface area contributed by atoms with Crippen molar-refractivity contribution < 1.29 is 28.6 Å². The normalized spacial score (nSPS) is 10.1. The van der Waals surface area contributed by atoms with Gasteiger partial charge in [-0.2, -0.15) is 0 Å². The zero-order valence-corrected chi connectivity index (χ0v) is 17.4. The first-order valence-corrected chi connectivity index (χ1v) is 9.34. The molecule has 0 aliphatic carbocycles. The highest BCUT2D eigenvalue weighted by atomic mass is 32.2. The summed E-state index contributed by atoms with van der Waals surface area (Å²) in [7, 11) is 6.07. The highest BCUT2D eigenvalue weighted by molar-refractivity contribution is 8.13. The molecule has 0 aromatic heterocycles. The second-order valence-corrected chi connectivity index (χ2v) is 7.00. The van der Waals surface area contributed by atoms with Crippen LogP contribution in [-0.2, 0) is 9.53 Å². The van der Waals surface area contributed by atoms with E-state index in [1.54, 1.807) is 50.5 Å². The first-order chi connectivity index (χ1) is 13.8. The predicted molar refractivity (Wildman–Crippen MR) is 110 cm³/mol. The summed E-state index contributed by atoms with van der Waals surface area (Å²) in [6, 6.07) is 11.6. The van der Waals surface area contributed by atoms with Gasteiger partial charge >= 0.3 is 5.97 Å². The maximum absolute atomic E-state index is 12.5. The minimum absolute atomic E-state index is 0.0802. The Morgan fingerprint density at radius 2 is 1.69 bits per heavy atom. The Labute approximate surface area is 173 Å². The summed E-state index contributed by atoms with van der Waals surface area (Å²) in [5.41, 5.74) is 0.940. The van der Waals surface area contributed by atoms with Crippen molar-refractivity contribution in [1.82, 2.24) is 4.90 Å². The van der Waals surface area contributed by atoms with Crippen molar-refractivity contribution in [3.8, 4) is 11.5 Å². The number of esters is 1. The number of methoxy groups -OCH3 is 2. The van der Waals surface area contributed by atoms with Gasteiger partial charge in [0.05, 0.1) is 14.2 Å². The van der Waals surface area contributed by atoms with Gasteiger partial charge in [-0.1, -0.05) is 0 Å². The van der Waals surface area contributed by atoms with Crippen molar-refractivity contribution >= 4 is 34.6 Å². The number of ether oxygens (including phenoxy) is 3. The molecule has 0 heterocycles. The molecule has 2 aromatic carbocycles. The smallest absolute Gasteiger partial charge is 0.343 e. The summed E-state index contributed by atoms with van der Waals surface area (Å²) in [5, 5.41) is 2.70. The van der Waals surface area contributed by atoms with Gasteiger partial charge in [-0.25, -0.2) is 4.79 Å². The first-order valence-electron chi connectivity index (χ1n) is 8.52. The maximum atomic E-state index is 12.5. The van der Waals surface area contributed by atoms with Crippen LogP contribution in [0.5, 0.6) is 11.5 Å². The van der Waals surface area contributed by atoms with Gasteiger partial charge in [-0.05, 0) is 54.2 Å². The van der Waals surface area contributed by atoms with Gasteiger partial charge in [0.25, 0.3) is 11.1 Å². The third kappa shape index (κ3) is 6.42. The molecule has 29 heavy (non-hydrogen) atoms. The Bertz CT molecular complexity index is 883. The fraction of sp³-hybridized carbons (Fsp3) is 0.250. The van der Waals surface area contributed by atoms with E-state index in [0.29, 0.717) is 22.7 Å². The van der Waals surface area contributed by atoms with Crippen LogP contribution in [0.2, 0.25) is 0 Å². The molecule has 0 aliphatic heterocycles. The van der Waals surface area contributed by atoms with Crippen LogP contribution in [0.3, 0.4) is 0 Å². The Morgan fingerprint density at radius 3 is 2.28 bits per heavy atom. The molecule has 0 fully saturated rings. The Morgan fingerprint density at radius 1 is 1.00 bits per heavy atom. The van der Waals surface area contributed by atoms with Crippen molar-refractivity contribution in [1.29, 1.82) is 0 Å². The van der Waals surface area contributed by atoms with E-state index in [-0.39, 0.29) is 17.8 Å². The highest BCUT2D eigenvalue weighted by Gasteiger charge is 2.13. The van der Waals surface area contributed by atoms with Gasteiger partial charge in [-0.3, -0.25) is 9.59 Å². The summed E-state index contributed by atoms with van der Waals surface area (Å²) in [5.74, 6) is -0.229. The Hall–Kier alpha value is -3.20. The molecule has 0 bridgehead atoms. The van der Waals surface area contributed by atoms with Crippen LogP contribution >= 0.6 is 11.8 Å². The molecule has 0 atom stereocenters. The van der Waals surface area contributed by atoms with Gasteiger partial charge in [-0.15, -0.1) is 0 Å². The quantitative estimate of drug-likeness (QED) is 0.545. The lowest BCUT2D eigenvalue weighted by Gasteiger charge is -2.12. The van der Waals surface area contributed by atoms with Crippen molar-refractivity contribution in [2.45, 2.75) is 4.90 Å². The van der Waals surface area contributed by atoms with Crippen LogP contribution in [0, 0.1) is 0 Å². The van der Waals surface area contributed by atoms with Gasteiger partial charge in [0.1, 0.15) is 0 Å². The standard InChI is InChI=1S/C20H22N2O6S/c1-22(2)20(25)29-15-8-6-14(7-9-15)21-19(24)13-5-10-16(17(11-13)26-3)28-12-18(23)27-4/h5-11H,12H2,1-4H3,(H,21,24). The second-order valence-electron chi connectivity index (χ2n) is 5.97. The molecule has 0 saturated heterocycles. The van der Waals surface area contributed by atoms with Crippen molar-refractivity contribution in [2.24, 2.45) is 0 Å². The zero-order chi connectivity index (χ0) is 21.4. The number of hydrogen-bond acceptors (Lipinski definition) is 7. The van der Waals surface area contributed by atoms with Gasteiger partial charge in [0.2, 0.25) is 0 Å². The van der Waals surface area contributed by atoms with E-state index >= 15 is 0 Å². The molecule has 9 heteroatoms. The highest BCUT2D eigenvalue weighted by Crippen LogP contribution is 2.29. The molecule has 0 saturated carbocycles. The van der Waals surface area contributed by atoms with Crippen LogP contribution in [0.15, 0.2) is 47.4 Å². The third-order valence-electron chi connectivity index (χ3n) is 3.68. The molecule has 1 N–H and O–H groups in total. The van der Waals surface area contributed by atoms with Crippen molar-refractivity contribution in [3.63, 3.8) is 0 Å². The Kier molecular flexibility index (Phi) is 7.90. The molecular weight excluding hydrogens is 396 g/mol. The molecule has 2 aromatic rings. The van der Waals surface area contributed by atoms with Crippen LogP contribution in [0.4, 0.5) is 10.5 Å². The van der Waals surface area contributed by atoms with Gasteiger partial charge in [0, 0.05) is 30.2 Å². The summed E-state index contributed by atoms with van der Waals surface area (Å²) in [6.07, 6.45) is 0. The minimum Gasteiger partial charge on any atom is -0.493 e. The van der Waals surface area contributed by atoms with E-state index in [0.717, 1.165) is 16.7 Å². The van der Waals surface area contributed by atoms with Crippen LogP contribution in [0.1, 0.15) is 10.4 Å². The number of thioether (sulfide) groups is 1. The molecule has 2 amide bonds. The van der Waals surface area contributed by atoms with Gasteiger partial charge in [0.15, 0.2) is 18.1 Å². The number of carbonyl (C=O) groups excluding carboxylic acids is 3. The van der Waals surface area contributed by atoms with Crippen molar-refractivity contribution in [2.75, 3.05) is 40.2 Å². The van der Waals surface area contributed by atoms with E-state index in [1.165, 1.54) is 25.2 Å². The monoisotopic (exact) mass is 418 g/mol. The van der Waals surface area contributed by atoms with E-state index in [4.69, 9.17) is 9.47 Å². The van der Waals surface area contributed by atoms with Crippen molar-refractivity contribution in [3.05, 3.63) is 48.0 Å². The molecule has 0 spiro atoms. The SMILES string of the molecule is COC(=O)COc1ccc(C(=O)Nc2ccc(SC(=O)N(C)C)cc2)cc1OC. The number of anilines is 1. The third-order valence-corrected chi connectivity index (χ3v) is 4.73. The van der Waals surface area contributed by atoms with E-state index in [9.17, 15) is 14.4 Å². The number of hydrogen-bond donors (Lipinski definition) is 1. The molecule has 0 unspecified atom stereocenters. The second kappa shape index (κ2) is 10.4. The lowest BCUT2D eigenvalue weighted by molar-refractivity contribution is -0.142. The van der Waals surface area contributed by atoms with Crippen LogP contribution < -0.4 is 14.8 Å². The van der Waals surface area contributed by atoms with Crippen LogP contribution in [-0.4, -0.2) is 56.9 Å². The number of rotatable bonds is 7. The van der Waals surface area contributed by atoms with E-state index < -0.39 is 5.97 Å². The van der Waals surface area contributed by atoms with E-state index in [2.05, 4.69) is 10.1 Å². The average Bonchev–Trinajstić information content (AvgIpc) is 2.72. The number of nitrogens with one attached hydrogen (secondary N) is 1. The molecule has 154 valence electrons.